The first kappa shape index (κ1) is 44.3. The molecule has 1 amide bonds. The number of sulfonamides is 1. The van der Waals surface area contributed by atoms with E-state index < -0.39 is 31.4 Å². The maximum absolute atomic E-state index is 14.0. The van der Waals surface area contributed by atoms with Gasteiger partial charge in [0, 0.05) is 80.8 Å². The van der Waals surface area contributed by atoms with E-state index in [9.17, 15) is 23.3 Å². The average Bonchev–Trinajstić information content (AvgIpc) is 4.04. The van der Waals surface area contributed by atoms with Crippen LogP contribution in [0.25, 0.3) is 11.0 Å². The summed E-state index contributed by atoms with van der Waals surface area (Å²) in [7, 11) is -2.35. The number of nitrogens with one attached hydrogen (secondary N) is 3. The Morgan fingerprint density at radius 2 is 1.68 bits per heavy atom. The standard InChI is InChI=1S/C50H61N9O6S/c1-49(2)15-12-33(13-16-49)29-52-47-43(59(61)62)26-39(31-54-47)66(63,64)55-48(60)42-11-10-36(25-45(42)65-38-24-35-14-19-51-46(35)53-30-38)57-20-17-50(18-21-57)27-37(28-50)58-23-22-56(3)32-44(58)41-7-5-4-6-40(41)34-8-9-34/h4-7,10-11,14,19,24-26,30-31,33-34,37,44H,8-9,12-13,15-18,20-23,27-29,32H2,1-3H3,(H,51,53)(H,52,54)(H,55,60)/t44-/m1/s1. The number of anilines is 2. The van der Waals surface area contributed by atoms with Crippen molar-refractivity contribution in [1.29, 1.82) is 0 Å². The van der Waals surface area contributed by atoms with Gasteiger partial charge in [-0.25, -0.2) is 23.1 Å². The van der Waals surface area contributed by atoms with Crippen LogP contribution in [0.4, 0.5) is 17.2 Å². The predicted molar refractivity (Wildman–Crippen MR) is 255 cm³/mol. The highest BCUT2D eigenvalue weighted by Crippen LogP contribution is 2.54. The van der Waals surface area contributed by atoms with Crippen LogP contribution in [-0.4, -0.2) is 96.4 Å². The number of piperidine rings is 1. The quantitative estimate of drug-likeness (QED) is 0.0755. The molecule has 5 fully saturated rings. The number of carbonyl (C=O) groups is 1. The van der Waals surface area contributed by atoms with Crippen molar-refractivity contribution in [3.8, 4) is 11.5 Å². The van der Waals surface area contributed by atoms with Gasteiger partial charge in [0.15, 0.2) is 0 Å². The summed E-state index contributed by atoms with van der Waals surface area (Å²) in [5.74, 6) is 0.613. The maximum Gasteiger partial charge on any atom is 0.312 e. The molecule has 2 aliphatic heterocycles. The normalized spacial score (nSPS) is 21.7. The Balaban J connectivity index is 0.836. The summed E-state index contributed by atoms with van der Waals surface area (Å²) in [5, 5.41) is 16.1. The fourth-order valence-corrected chi connectivity index (χ4v) is 12.1. The molecule has 5 heterocycles. The van der Waals surface area contributed by atoms with Crippen LogP contribution >= 0.6 is 0 Å². The number of ether oxygens (including phenoxy) is 1. The van der Waals surface area contributed by atoms with Crippen LogP contribution in [0.1, 0.15) is 112 Å². The van der Waals surface area contributed by atoms with Crippen molar-refractivity contribution in [2.24, 2.45) is 16.7 Å². The lowest BCUT2D eigenvalue weighted by atomic mass is 9.59. The zero-order valence-corrected chi connectivity index (χ0v) is 39.0. The lowest BCUT2D eigenvalue weighted by molar-refractivity contribution is -0.384. The SMILES string of the molecule is CN1CCN(C2CC3(CCN(c4ccc(C(=O)NS(=O)(=O)c5cnc(NCC6CCC(C)(C)CC6)c([N+](=O)[O-])c5)c(Oc5cnc6[nH]ccc6c5)c4)CC3)C2)[C@@H](c2ccccc2C2CC2)C1. The van der Waals surface area contributed by atoms with Gasteiger partial charge in [-0.15, -0.1) is 0 Å². The molecule has 3 aromatic heterocycles. The zero-order valence-electron chi connectivity index (χ0n) is 38.2. The first-order chi connectivity index (χ1) is 31.7. The summed E-state index contributed by atoms with van der Waals surface area (Å²) in [6.45, 7) is 9.90. The molecule has 3 aliphatic carbocycles. The van der Waals surface area contributed by atoms with Gasteiger partial charge in [-0.05, 0) is 129 Å². The Morgan fingerprint density at radius 1 is 0.924 bits per heavy atom. The number of piperazine rings is 1. The van der Waals surface area contributed by atoms with E-state index in [4.69, 9.17) is 4.74 Å². The van der Waals surface area contributed by atoms with Crippen LogP contribution in [0.5, 0.6) is 11.5 Å². The molecule has 3 N–H and O–H groups in total. The number of amides is 1. The second kappa shape index (κ2) is 17.6. The van der Waals surface area contributed by atoms with Crippen molar-refractivity contribution in [3.05, 3.63) is 106 Å². The molecule has 10 rings (SSSR count). The zero-order chi connectivity index (χ0) is 45.8. The monoisotopic (exact) mass is 915 g/mol. The number of benzene rings is 2. The minimum atomic E-state index is -4.60. The van der Waals surface area contributed by atoms with E-state index in [0.29, 0.717) is 47.3 Å². The molecule has 1 atom stereocenters. The van der Waals surface area contributed by atoms with E-state index in [0.717, 1.165) is 94.6 Å². The number of fused-ring (bicyclic) bond motifs is 1. The number of aromatic nitrogens is 3. The fourth-order valence-electron chi connectivity index (χ4n) is 11.1. The van der Waals surface area contributed by atoms with E-state index >= 15 is 0 Å². The van der Waals surface area contributed by atoms with Crippen LogP contribution < -0.4 is 19.7 Å². The fraction of sp³-hybridized carbons (Fsp3) is 0.500. The maximum atomic E-state index is 14.0. The van der Waals surface area contributed by atoms with Gasteiger partial charge in [-0.1, -0.05) is 38.1 Å². The second-order valence-corrected chi connectivity index (χ2v) is 22.2. The highest BCUT2D eigenvalue weighted by atomic mass is 32.2. The van der Waals surface area contributed by atoms with E-state index in [1.807, 2.05) is 12.1 Å². The van der Waals surface area contributed by atoms with Crippen molar-refractivity contribution < 1.29 is 22.9 Å². The van der Waals surface area contributed by atoms with E-state index in [2.05, 4.69) is 84.9 Å². The third-order valence-corrected chi connectivity index (χ3v) is 16.7. The number of carbonyl (C=O) groups excluding carboxylic acids is 1. The molecule has 5 aromatic rings. The van der Waals surface area contributed by atoms with Crippen LogP contribution in [0.2, 0.25) is 0 Å². The minimum absolute atomic E-state index is 0.0101. The Bertz CT molecular complexity index is 2730. The molecule has 0 radical (unpaired) electrons. The summed E-state index contributed by atoms with van der Waals surface area (Å²) in [6, 6.07) is 19.9. The van der Waals surface area contributed by atoms with Gasteiger partial charge < -0.3 is 24.8 Å². The number of hydrogen-bond donors (Lipinski definition) is 3. The molecule has 2 saturated heterocycles. The van der Waals surface area contributed by atoms with E-state index in [1.54, 1.807) is 36.2 Å². The summed E-state index contributed by atoms with van der Waals surface area (Å²) in [6.07, 6.45) is 15.6. The number of rotatable bonds is 13. The Morgan fingerprint density at radius 3 is 2.42 bits per heavy atom. The summed E-state index contributed by atoms with van der Waals surface area (Å²) in [5.41, 5.74) is 4.68. The highest BCUT2D eigenvalue weighted by molar-refractivity contribution is 7.90. The van der Waals surface area contributed by atoms with Gasteiger partial charge in [0.25, 0.3) is 15.9 Å². The number of nitrogens with zero attached hydrogens (tertiary/aromatic N) is 6. The Hall–Kier alpha value is -5.58. The molecule has 66 heavy (non-hydrogen) atoms. The molecule has 0 unspecified atom stereocenters. The number of nitro groups is 1. The molecule has 15 nitrogen and oxygen atoms in total. The molecule has 16 heteroatoms. The summed E-state index contributed by atoms with van der Waals surface area (Å²) < 4.78 is 36.0. The Kier molecular flexibility index (Phi) is 11.8. The van der Waals surface area contributed by atoms with Gasteiger partial charge in [0.1, 0.15) is 22.0 Å². The molecule has 3 saturated carbocycles. The number of H-pyrrole nitrogens is 1. The molecule has 2 aromatic carbocycles. The van der Waals surface area contributed by atoms with Gasteiger partial charge in [-0.3, -0.25) is 19.8 Å². The molecule has 5 aliphatic rings. The van der Waals surface area contributed by atoms with Crippen molar-refractivity contribution in [2.75, 3.05) is 56.5 Å². The minimum Gasteiger partial charge on any atom is -0.455 e. The lowest BCUT2D eigenvalue weighted by Gasteiger charge is -2.58. The average molecular weight is 916 g/mol. The largest absolute Gasteiger partial charge is 0.455 e. The van der Waals surface area contributed by atoms with Crippen molar-refractivity contribution in [1.82, 2.24) is 29.5 Å². The van der Waals surface area contributed by atoms with Gasteiger partial charge in [-0.2, -0.15) is 0 Å². The first-order valence-electron chi connectivity index (χ1n) is 23.7. The molecular formula is C50H61N9O6S. The molecule has 1 spiro atoms. The highest BCUT2D eigenvalue weighted by Gasteiger charge is 2.50. The van der Waals surface area contributed by atoms with Crippen LogP contribution in [0.3, 0.4) is 0 Å². The number of hydrogen-bond acceptors (Lipinski definition) is 12. The molecular weight excluding hydrogens is 855 g/mol. The van der Waals surface area contributed by atoms with Crippen molar-refractivity contribution in [3.63, 3.8) is 0 Å². The lowest BCUT2D eigenvalue weighted by Crippen LogP contribution is -2.59. The number of pyridine rings is 2. The number of likely N-dealkylation sites (N-methyl/N-ethyl adjacent to an activating group) is 1. The van der Waals surface area contributed by atoms with Gasteiger partial charge in [0.05, 0.1) is 22.9 Å². The Labute approximate surface area is 386 Å². The van der Waals surface area contributed by atoms with Crippen LogP contribution in [-0.2, 0) is 10.0 Å². The van der Waals surface area contributed by atoms with Crippen LogP contribution in [0, 0.1) is 26.9 Å². The number of aromatic amines is 1. The van der Waals surface area contributed by atoms with Crippen molar-refractivity contribution >= 4 is 44.2 Å². The van der Waals surface area contributed by atoms with E-state index in [1.165, 1.54) is 31.2 Å². The third-order valence-electron chi connectivity index (χ3n) is 15.4. The van der Waals surface area contributed by atoms with E-state index in [-0.39, 0.29) is 22.5 Å². The van der Waals surface area contributed by atoms with Gasteiger partial charge >= 0.3 is 5.69 Å². The third kappa shape index (κ3) is 9.23. The second-order valence-electron chi connectivity index (χ2n) is 20.6. The predicted octanol–water partition coefficient (Wildman–Crippen LogP) is 9.02. The first-order valence-corrected chi connectivity index (χ1v) is 25.2. The smallest absolute Gasteiger partial charge is 0.312 e. The summed E-state index contributed by atoms with van der Waals surface area (Å²) >= 11 is 0. The molecule has 0 bridgehead atoms. The summed E-state index contributed by atoms with van der Waals surface area (Å²) in [4.78, 5) is 44.3. The van der Waals surface area contributed by atoms with Crippen molar-refractivity contribution in [2.45, 2.75) is 101 Å². The van der Waals surface area contributed by atoms with Crippen LogP contribution in [0.15, 0.2) is 84.1 Å². The van der Waals surface area contributed by atoms with Gasteiger partial charge in [0.2, 0.25) is 5.82 Å². The topological polar surface area (TPSA) is 179 Å². The molecule has 348 valence electrons.